The number of ether oxygens (including phenoxy) is 1. The first kappa shape index (κ1) is 23.2. The fourth-order valence-electron chi connectivity index (χ4n) is 4.42. The molecule has 0 N–H and O–H groups in total. The summed E-state index contributed by atoms with van der Waals surface area (Å²) in [6.07, 6.45) is -5.65. The summed E-state index contributed by atoms with van der Waals surface area (Å²) in [5, 5.41) is 1.87. The number of carbonyl (C=O) groups excluding carboxylic acids is 2. The van der Waals surface area contributed by atoms with Gasteiger partial charge in [0.2, 0.25) is 5.91 Å². The van der Waals surface area contributed by atoms with Gasteiger partial charge in [0.1, 0.15) is 11.7 Å². The molecule has 10 heteroatoms. The van der Waals surface area contributed by atoms with Crippen LogP contribution < -0.4 is 14.7 Å². The number of fused-ring (bicyclic) bond motifs is 1. The number of methoxy groups -OCH3 is 1. The van der Waals surface area contributed by atoms with Gasteiger partial charge in [-0.15, -0.1) is 0 Å². The summed E-state index contributed by atoms with van der Waals surface area (Å²) >= 11 is 5.99. The van der Waals surface area contributed by atoms with E-state index in [0.29, 0.717) is 27.7 Å². The molecule has 2 heterocycles. The molecule has 0 radical (unpaired) electrons. The third-order valence-corrected chi connectivity index (χ3v) is 6.36. The minimum absolute atomic E-state index is 0.350. The number of benzene rings is 3. The third-order valence-electron chi connectivity index (χ3n) is 6.11. The fourth-order valence-corrected chi connectivity index (χ4v) is 4.55. The molecule has 3 aromatic rings. The molecule has 6 nitrogen and oxygen atoms in total. The van der Waals surface area contributed by atoms with Crippen LogP contribution in [0.4, 0.5) is 24.5 Å². The molecular formula is C25H18ClF3N2O4. The van der Waals surface area contributed by atoms with Gasteiger partial charge in [0.15, 0.2) is 6.10 Å². The maximum absolute atomic E-state index is 13.6. The van der Waals surface area contributed by atoms with E-state index in [1.165, 1.54) is 24.3 Å². The molecule has 0 aromatic heterocycles. The van der Waals surface area contributed by atoms with Crippen LogP contribution in [0.3, 0.4) is 0 Å². The average molecular weight is 503 g/mol. The molecule has 0 aliphatic carbocycles. The van der Waals surface area contributed by atoms with Crippen LogP contribution in [-0.2, 0) is 20.6 Å². The Bertz CT molecular complexity index is 1260. The number of anilines is 2. The molecule has 2 aliphatic heterocycles. The van der Waals surface area contributed by atoms with Crippen molar-refractivity contribution in [2.45, 2.75) is 18.3 Å². The molecule has 0 saturated carbocycles. The van der Waals surface area contributed by atoms with Crippen molar-refractivity contribution >= 4 is 34.8 Å². The first-order valence-electron chi connectivity index (χ1n) is 10.6. The Kier molecular flexibility index (Phi) is 5.69. The zero-order valence-corrected chi connectivity index (χ0v) is 19.0. The monoisotopic (exact) mass is 502 g/mol. The standard InChI is InChI=1S/C25H18ClF3N2O4/c1-34-19-12-10-17(11-13-19)30-23(32)20-21(14-2-4-15(5-3-14)25(27,28)29)31(35-22(20)24(30)33)18-8-6-16(26)7-9-18/h2-13,20-22H,1H3/t20-,21-,22-/m0/s1. The van der Waals surface area contributed by atoms with Gasteiger partial charge in [-0.2, -0.15) is 13.2 Å². The Morgan fingerprint density at radius 1 is 0.857 bits per heavy atom. The molecule has 35 heavy (non-hydrogen) atoms. The topological polar surface area (TPSA) is 59.1 Å². The molecule has 2 aliphatic rings. The van der Waals surface area contributed by atoms with Gasteiger partial charge in [-0.05, 0) is 66.2 Å². The van der Waals surface area contributed by atoms with Crippen LogP contribution in [0.15, 0.2) is 72.8 Å². The lowest BCUT2D eigenvalue weighted by Crippen LogP contribution is -2.37. The predicted octanol–water partition coefficient (Wildman–Crippen LogP) is 5.42. The summed E-state index contributed by atoms with van der Waals surface area (Å²) in [4.78, 5) is 33.9. The van der Waals surface area contributed by atoms with Crippen molar-refractivity contribution in [1.82, 2.24) is 0 Å². The summed E-state index contributed by atoms with van der Waals surface area (Å²) in [5.41, 5.74) is 0.440. The number of nitrogens with zero attached hydrogens (tertiary/aromatic N) is 2. The summed E-state index contributed by atoms with van der Waals surface area (Å²) in [6, 6.07) is 16.6. The lowest BCUT2D eigenvalue weighted by Gasteiger charge is -2.29. The maximum atomic E-state index is 13.6. The summed E-state index contributed by atoms with van der Waals surface area (Å²) in [6.45, 7) is 0. The summed E-state index contributed by atoms with van der Waals surface area (Å²) in [5.74, 6) is -1.48. The van der Waals surface area contributed by atoms with Gasteiger partial charge < -0.3 is 4.74 Å². The highest BCUT2D eigenvalue weighted by Crippen LogP contribution is 2.48. The van der Waals surface area contributed by atoms with Gasteiger partial charge in [0, 0.05) is 5.02 Å². The van der Waals surface area contributed by atoms with E-state index >= 15 is 0 Å². The Morgan fingerprint density at radius 3 is 2.03 bits per heavy atom. The van der Waals surface area contributed by atoms with Gasteiger partial charge >= 0.3 is 6.18 Å². The second-order valence-corrected chi connectivity index (χ2v) is 8.56. The number of halogens is 4. The molecular weight excluding hydrogens is 485 g/mol. The molecule has 2 saturated heterocycles. The van der Waals surface area contributed by atoms with Crippen molar-refractivity contribution < 1.29 is 32.3 Å². The zero-order chi connectivity index (χ0) is 24.9. The highest BCUT2D eigenvalue weighted by Gasteiger charge is 2.60. The van der Waals surface area contributed by atoms with Crippen LogP contribution in [0.1, 0.15) is 17.2 Å². The van der Waals surface area contributed by atoms with Crippen LogP contribution in [0.25, 0.3) is 0 Å². The number of hydrogen-bond donors (Lipinski definition) is 0. The molecule has 180 valence electrons. The van der Waals surface area contributed by atoms with E-state index < -0.39 is 41.6 Å². The maximum Gasteiger partial charge on any atom is 0.416 e. The second-order valence-electron chi connectivity index (χ2n) is 8.13. The fraction of sp³-hybridized carbons (Fsp3) is 0.200. The quantitative estimate of drug-likeness (QED) is 0.446. The Morgan fingerprint density at radius 2 is 1.46 bits per heavy atom. The first-order chi connectivity index (χ1) is 16.7. The van der Waals surface area contributed by atoms with Gasteiger partial charge in [0.05, 0.1) is 30.1 Å². The third kappa shape index (κ3) is 4.00. The van der Waals surface area contributed by atoms with E-state index in [1.807, 2.05) is 0 Å². The number of hydroxylamine groups is 1. The van der Waals surface area contributed by atoms with E-state index in [9.17, 15) is 22.8 Å². The van der Waals surface area contributed by atoms with E-state index in [2.05, 4.69) is 0 Å². The lowest BCUT2D eigenvalue weighted by molar-refractivity contribution is -0.137. The zero-order valence-electron chi connectivity index (χ0n) is 18.2. The van der Waals surface area contributed by atoms with Crippen LogP contribution in [0.5, 0.6) is 5.75 Å². The number of hydrogen-bond acceptors (Lipinski definition) is 5. The lowest BCUT2D eigenvalue weighted by atomic mass is 9.90. The van der Waals surface area contributed by atoms with E-state index in [1.54, 1.807) is 48.5 Å². The highest BCUT2D eigenvalue weighted by molar-refractivity contribution is 6.30. The van der Waals surface area contributed by atoms with Gasteiger partial charge in [-0.3, -0.25) is 14.4 Å². The first-order valence-corrected chi connectivity index (χ1v) is 11.0. The number of amides is 2. The van der Waals surface area contributed by atoms with E-state index in [0.717, 1.165) is 17.0 Å². The molecule has 0 spiro atoms. The molecule has 3 atom stereocenters. The molecule has 0 unspecified atom stereocenters. The van der Waals surface area contributed by atoms with Crippen LogP contribution >= 0.6 is 11.6 Å². The molecule has 0 bridgehead atoms. The molecule has 2 fully saturated rings. The highest BCUT2D eigenvalue weighted by atomic mass is 35.5. The van der Waals surface area contributed by atoms with Crippen molar-refractivity contribution in [3.63, 3.8) is 0 Å². The van der Waals surface area contributed by atoms with Crippen LogP contribution in [0, 0.1) is 5.92 Å². The predicted molar refractivity (Wildman–Crippen MR) is 122 cm³/mol. The second kappa shape index (κ2) is 8.58. The normalized spacial score (nSPS) is 22.0. The molecule has 5 rings (SSSR count). The Labute approximate surface area is 203 Å². The minimum Gasteiger partial charge on any atom is -0.497 e. The Hall–Kier alpha value is -3.56. The van der Waals surface area contributed by atoms with Crippen molar-refractivity contribution in [2.75, 3.05) is 17.1 Å². The van der Waals surface area contributed by atoms with Gasteiger partial charge in [0.25, 0.3) is 5.91 Å². The van der Waals surface area contributed by atoms with E-state index in [4.69, 9.17) is 21.2 Å². The van der Waals surface area contributed by atoms with Crippen molar-refractivity contribution in [2.24, 2.45) is 5.92 Å². The van der Waals surface area contributed by atoms with Crippen molar-refractivity contribution in [3.8, 4) is 5.75 Å². The number of rotatable bonds is 4. The number of carbonyl (C=O) groups is 2. The molecule has 3 aromatic carbocycles. The van der Waals surface area contributed by atoms with Gasteiger partial charge in [-0.1, -0.05) is 23.7 Å². The van der Waals surface area contributed by atoms with E-state index in [-0.39, 0.29) is 0 Å². The summed E-state index contributed by atoms with van der Waals surface area (Å²) in [7, 11) is 1.50. The van der Waals surface area contributed by atoms with Crippen LogP contribution in [0.2, 0.25) is 5.02 Å². The molecule has 2 amide bonds. The average Bonchev–Trinajstić information content (AvgIpc) is 3.35. The van der Waals surface area contributed by atoms with Crippen LogP contribution in [-0.4, -0.2) is 25.0 Å². The SMILES string of the molecule is COc1ccc(N2C(=O)[C@@H]3[C@H](ON(c4ccc(Cl)cc4)[C@H]3c3ccc(C(F)(F)F)cc3)C2=O)cc1. The summed E-state index contributed by atoms with van der Waals surface area (Å²) < 4.78 is 44.5. The number of alkyl halides is 3. The smallest absolute Gasteiger partial charge is 0.416 e. The van der Waals surface area contributed by atoms with Gasteiger partial charge in [-0.25, -0.2) is 9.96 Å². The number of imide groups is 1. The van der Waals surface area contributed by atoms with Crippen molar-refractivity contribution in [1.29, 1.82) is 0 Å². The van der Waals surface area contributed by atoms with Crippen molar-refractivity contribution in [3.05, 3.63) is 88.9 Å². The largest absolute Gasteiger partial charge is 0.497 e. The minimum atomic E-state index is -4.51. The Balaban J connectivity index is 1.55.